The zero-order valence-corrected chi connectivity index (χ0v) is 12.6. The number of nitrogens with two attached hydrogens (primary N) is 1. The molecule has 0 bridgehead atoms. The number of ether oxygens (including phenoxy) is 1. The number of pyridine rings is 1. The summed E-state index contributed by atoms with van der Waals surface area (Å²) in [5, 5.41) is 0. The van der Waals surface area contributed by atoms with Crippen molar-refractivity contribution in [1.29, 1.82) is 0 Å². The molecule has 0 aromatic carbocycles. The standard InChI is InChI=1S/C14H21N3O2.ClH/c1-17(6-7-19-10-11-2-3-11)14(18)12-4-5-16-13(8-12)9-15;/h4-5,8,11H,2-3,6-7,9-10,15H2,1H3;1H. The Balaban J connectivity index is 0.00000200. The number of nitrogens with zero attached hydrogens (tertiary/aromatic N) is 2. The molecule has 1 amide bonds. The molecule has 1 saturated carbocycles. The average Bonchev–Trinajstić information content (AvgIpc) is 3.26. The van der Waals surface area contributed by atoms with E-state index in [2.05, 4.69) is 4.98 Å². The van der Waals surface area contributed by atoms with Crippen molar-refractivity contribution < 1.29 is 9.53 Å². The number of halogens is 1. The van der Waals surface area contributed by atoms with Gasteiger partial charge in [-0.25, -0.2) is 0 Å². The first-order valence-electron chi connectivity index (χ1n) is 6.69. The molecule has 2 rings (SSSR count). The van der Waals surface area contributed by atoms with Gasteiger partial charge in [0.15, 0.2) is 0 Å². The highest BCUT2D eigenvalue weighted by Crippen LogP contribution is 2.28. The van der Waals surface area contributed by atoms with Crippen LogP contribution in [0.25, 0.3) is 0 Å². The lowest BCUT2D eigenvalue weighted by molar-refractivity contribution is 0.0681. The molecule has 1 aliphatic carbocycles. The van der Waals surface area contributed by atoms with Crippen LogP contribution in [0.4, 0.5) is 0 Å². The van der Waals surface area contributed by atoms with Crippen molar-refractivity contribution in [3.05, 3.63) is 29.6 Å². The van der Waals surface area contributed by atoms with E-state index in [4.69, 9.17) is 10.5 Å². The Kier molecular flexibility index (Phi) is 6.91. The first kappa shape index (κ1) is 16.9. The van der Waals surface area contributed by atoms with Crippen LogP contribution < -0.4 is 5.73 Å². The fraction of sp³-hybridized carbons (Fsp3) is 0.571. The van der Waals surface area contributed by atoms with Gasteiger partial charge in [-0.15, -0.1) is 12.4 Å². The molecule has 0 spiro atoms. The molecule has 0 unspecified atom stereocenters. The van der Waals surface area contributed by atoms with Gasteiger partial charge in [0.1, 0.15) is 0 Å². The molecule has 0 atom stereocenters. The highest BCUT2D eigenvalue weighted by atomic mass is 35.5. The fourth-order valence-corrected chi connectivity index (χ4v) is 1.78. The Hall–Kier alpha value is -1.17. The van der Waals surface area contributed by atoms with Crippen molar-refractivity contribution in [3.63, 3.8) is 0 Å². The number of likely N-dealkylation sites (N-methyl/N-ethyl adjacent to an activating group) is 1. The van der Waals surface area contributed by atoms with E-state index >= 15 is 0 Å². The Labute approximate surface area is 125 Å². The third kappa shape index (κ3) is 5.07. The lowest BCUT2D eigenvalue weighted by Crippen LogP contribution is -2.30. The molecule has 6 heteroatoms. The predicted octanol–water partition coefficient (Wildman–Crippen LogP) is 1.46. The van der Waals surface area contributed by atoms with Crippen LogP contribution >= 0.6 is 12.4 Å². The van der Waals surface area contributed by atoms with Crippen molar-refractivity contribution in [3.8, 4) is 0 Å². The van der Waals surface area contributed by atoms with Crippen LogP contribution in [0.15, 0.2) is 18.3 Å². The quantitative estimate of drug-likeness (QED) is 0.774. The summed E-state index contributed by atoms with van der Waals surface area (Å²) >= 11 is 0. The van der Waals surface area contributed by atoms with Gasteiger partial charge in [0.2, 0.25) is 0 Å². The first-order valence-corrected chi connectivity index (χ1v) is 6.69. The van der Waals surface area contributed by atoms with Crippen molar-refractivity contribution >= 4 is 18.3 Å². The van der Waals surface area contributed by atoms with E-state index < -0.39 is 0 Å². The molecule has 5 nitrogen and oxygen atoms in total. The summed E-state index contributed by atoms with van der Waals surface area (Å²) in [5.74, 6) is 0.737. The summed E-state index contributed by atoms with van der Waals surface area (Å²) in [6.45, 7) is 2.36. The highest BCUT2D eigenvalue weighted by Gasteiger charge is 2.21. The molecule has 0 radical (unpaired) electrons. The molecule has 2 N–H and O–H groups in total. The Bertz CT molecular complexity index is 438. The summed E-state index contributed by atoms with van der Waals surface area (Å²) in [4.78, 5) is 17.9. The molecule has 1 aliphatic rings. The Morgan fingerprint density at radius 3 is 2.95 bits per heavy atom. The zero-order valence-electron chi connectivity index (χ0n) is 11.7. The maximum absolute atomic E-state index is 12.2. The molecule has 112 valence electrons. The van der Waals surface area contributed by atoms with E-state index in [0.717, 1.165) is 18.2 Å². The number of amides is 1. The molecule has 0 aliphatic heterocycles. The Morgan fingerprint density at radius 1 is 1.55 bits per heavy atom. The van der Waals surface area contributed by atoms with E-state index in [9.17, 15) is 4.79 Å². The number of carbonyl (C=O) groups excluding carboxylic acids is 1. The normalized spacial score (nSPS) is 13.7. The molecule has 20 heavy (non-hydrogen) atoms. The van der Waals surface area contributed by atoms with Gasteiger partial charge in [-0.2, -0.15) is 0 Å². The monoisotopic (exact) mass is 299 g/mol. The second kappa shape index (κ2) is 8.19. The van der Waals surface area contributed by atoms with Crippen molar-refractivity contribution in [1.82, 2.24) is 9.88 Å². The van der Waals surface area contributed by atoms with Gasteiger partial charge in [-0.3, -0.25) is 9.78 Å². The van der Waals surface area contributed by atoms with E-state index in [-0.39, 0.29) is 18.3 Å². The number of carbonyl (C=O) groups is 1. The minimum Gasteiger partial charge on any atom is -0.379 e. The van der Waals surface area contributed by atoms with Gasteiger partial charge in [0.25, 0.3) is 5.91 Å². The molecular weight excluding hydrogens is 278 g/mol. The lowest BCUT2D eigenvalue weighted by Gasteiger charge is -2.17. The minimum atomic E-state index is -0.0212. The molecule has 1 fully saturated rings. The van der Waals surface area contributed by atoms with Crippen LogP contribution in [0.3, 0.4) is 0 Å². The van der Waals surface area contributed by atoms with Crippen molar-refractivity contribution in [2.75, 3.05) is 26.8 Å². The maximum Gasteiger partial charge on any atom is 0.253 e. The van der Waals surface area contributed by atoms with Gasteiger partial charge < -0.3 is 15.4 Å². The molecule has 1 aromatic rings. The third-order valence-electron chi connectivity index (χ3n) is 3.24. The Morgan fingerprint density at radius 2 is 2.30 bits per heavy atom. The summed E-state index contributed by atoms with van der Waals surface area (Å²) in [7, 11) is 1.78. The summed E-state index contributed by atoms with van der Waals surface area (Å²) in [6, 6.07) is 3.45. The van der Waals surface area contributed by atoms with Gasteiger partial charge >= 0.3 is 0 Å². The summed E-state index contributed by atoms with van der Waals surface area (Å²) < 4.78 is 5.53. The van der Waals surface area contributed by atoms with Crippen molar-refractivity contribution in [2.24, 2.45) is 11.7 Å². The second-order valence-electron chi connectivity index (χ2n) is 4.98. The van der Waals surface area contributed by atoms with Crippen LogP contribution in [0.5, 0.6) is 0 Å². The zero-order chi connectivity index (χ0) is 13.7. The van der Waals surface area contributed by atoms with Gasteiger partial charge in [-0.05, 0) is 30.9 Å². The second-order valence-corrected chi connectivity index (χ2v) is 4.98. The third-order valence-corrected chi connectivity index (χ3v) is 3.24. The minimum absolute atomic E-state index is 0. The fourth-order valence-electron chi connectivity index (χ4n) is 1.78. The van der Waals surface area contributed by atoms with Gasteiger partial charge in [0.05, 0.1) is 12.3 Å². The van der Waals surface area contributed by atoms with Crippen LogP contribution in [-0.4, -0.2) is 42.6 Å². The lowest BCUT2D eigenvalue weighted by atomic mass is 10.2. The van der Waals surface area contributed by atoms with E-state index in [1.807, 2.05) is 0 Å². The topological polar surface area (TPSA) is 68.5 Å². The smallest absolute Gasteiger partial charge is 0.253 e. The van der Waals surface area contributed by atoms with E-state index in [1.165, 1.54) is 12.8 Å². The largest absolute Gasteiger partial charge is 0.379 e. The van der Waals surface area contributed by atoms with Crippen LogP contribution in [0, 0.1) is 5.92 Å². The maximum atomic E-state index is 12.2. The van der Waals surface area contributed by atoms with E-state index in [0.29, 0.717) is 25.3 Å². The first-order chi connectivity index (χ1) is 9.20. The van der Waals surface area contributed by atoms with Crippen molar-refractivity contribution in [2.45, 2.75) is 19.4 Å². The van der Waals surface area contributed by atoms with Crippen LogP contribution in [0.2, 0.25) is 0 Å². The van der Waals surface area contributed by atoms with Gasteiger partial charge in [-0.1, -0.05) is 0 Å². The van der Waals surface area contributed by atoms with Crippen LogP contribution in [0.1, 0.15) is 28.9 Å². The number of hydrogen-bond acceptors (Lipinski definition) is 4. The number of hydrogen-bond donors (Lipinski definition) is 1. The molecular formula is C14H22ClN3O2. The predicted molar refractivity (Wildman–Crippen MR) is 79.9 cm³/mol. The van der Waals surface area contributed by atoms with E-state index in [1.54, 1.807) is 30.3 Å². The van der Waals surface area contributed by atoms with Gasteiger partial charge in [0, 0.05) is 38.5 Å². The summed E-state index contributed by atoms with van der Waals surface area (Å²) in [6.07, 6.45) is 4.19. The molecule has 0 saturated heterocycles. The average molecular weight is 300 g/mol. The molecule has 1 heterocycles. The number of aromatic nitrogens is 1. The van der Waals surface area contributed by atoms with Crippen LogP contribution in [-0.2, 0) is 11.3 Å². The SMILES string of the molecule is CN(CCOCC1CC1)C(=O)c1ccnc(CN)c1.Cl. The molecule has 1 aromatic heterocycles. The summed E-state index contributed by atoms with van der Waals surface area (Å²) in [5.41, 5.74) is 6.87. The number of rotatable bonds is 7. The highest BCUT2D eigenvalue weighted by molar-refractivity contribution is 5.94.